The number of nitrogens with one attached hydrogen (secondary N) is 1. The number of nitrogens with zero attached hydrogens (tertiary/aromatic N) is 2. The molecule has 6 nitrogen and oxygen atoms in total. The highest BCUT2D eigenvalue weighted by molar-refractivity contribution is 7.92. The van der Waals surface area contributed by atoms with Gasteiger partial charge in [-0.2, -0.15) is 8.42 Å². The minimum atomic E-state index is -4.01. The van der Waals surface area contributed by atoms with Crippen LogP contribution in [0.25, 0.3) is 11.3 Å². The molecule has 0 spiro atoms. The molecule has 28 heavy (non-hydrogen) atoms. The van der Waals surface area contributed by atoms with Gasteiger partial charge < -0.3 is 5.73 Å². The van der Waals surface area contributed by atoms with Crippen LogP contribution in [0.15, 0.2) is 59.6 Å². The van der Waals surface area contributed by atoms with Crippen molar-refractivity contribution in [2.75, 3.05) is 10.5 Å². The quantitative estimate of drug-likeness (QED) is 0.632. The molecule has 3 N–H and O–H groups in total. The van der Waals surface area contributed by atoms with E-state index in [9.17, 15) is 8.42 Å². The van der Waals surface area contributed by atoms with Crippen molar-refractivity contribution in [1.82, 2.24) is 9.97 Å². The third-order valence-electron chi connectivity index (χ3n) is 3.75. The maximum Gasteiger partial charge on any atom is 0.280 e. The Balaban J connectivity index is 2.04. The van der Waals surface area contributed by atoms with Crippen LogP contribution in [0, 0.1) is 0 Å². The maximum absolute atomic E-state index is 12.6. The highest BCUT2D eigenvalue weighted by atomic mass is 35.5. The predicted molar refractivity (Wildman–Crippen MR) is 113 cm³/mol. The molecule has 2 heterocycles. The Morgan fingerprint density at radius 1 is 0.964 bits per heavy atom. The third kappa shape index (κ3) is 4.34. The van der Waals surface area contributed by atoms with Gasteiger partial charge in [0.25, 0.3) is 10.0 Å². The van der Waals surface area contributed by atoms with Crippen molar-refractivity contribution in [2.45, 2.75) is 10.1 Å². The van der Waals surface area contributed by atoms with Gasteiger partial charge in [-0.25, -0.2) is 9.97 Å². The zero-order chi connectivity index (χ0) is 20.5. The molecule has 0 aliphatic carbocycles. The first kappa shape index (κ1) is 20.3. The molecule has 1 aromatic carbocycles. The van der Waals surface area contributed by atoms with Gasteiger partial charge in [-0.15, -0.1) is 5.11 Å². The Hall–Kier alpha value is -2.45. The molecule has 3 rings (SSSR count). The molecule has 0 saturated heterocycles. The summed E-state index contributed by atoms with van der Waals surface area (Å²) in [6, 6.07) is 14.0. The van der Waals surface area contributed by atoms with E-state index in [4.69, 9.17) is 40.9 Å². The second-order valence-corrected chi connectivity index (χ2v) is 8.05. The Morgan fingerprint density at radius 2 is 1.68 bits per heavy atom. The van der Waals surface area contributed by atoms with Crippen LogP contribution < -0.4 is 10.5 Å². The Bertz CT molecular complexity index is 1140. The Kier molecular flexibility index (Phi) is 5.45. The number of hydrogen-bond acceptors (Lipinski definition) is 5. The van der Waals surface area contributed by atoms with Crippen molar-refractivity contribution in [3.8, 4) is 11.3 Å². The third-order valence-corrected chi connectivity index (χ3v) is 5.31. The van der Waals surface area contributed by atoms with Crippen LogP contribution >= 0.6 is 11.6 Å². The van der Waals surface area contributed by atoms with Gasteiger partial charge in [0.15, 0.2) is 5.03 Å². The minimum absolute atomic E-state index is 0.0232. The largest absolute Gasteiger partial charge is 0.384 e. The number of nitrogen functional groups attached to an aromatic ring is 1. The van der Waals surface area contributed by atoms with Crippen LogP contribution in [0.1, 0.15) is 5.56 Å². The van der Waals surface area contributed by atoms with E-state index in [0.29, 0.717) is 11.1 Å². The maximum atomic E-state index is 12.6. The van der Waals surface area contributed by atoms with Gasteiger partial charge in [0.1, 0.15) is 11.6 Å². The molecular weight excluding hydrogens is 392 g/mol. The predicted octanol–water partition coefficient (Wildman–Crippen LogP) is 1.80. The minimum Gasteiger partial charge on any atom is -0.384 e. The first-order chi connectivity index (χ1) is 13.1. The van der Waals surface area contributed by atoms with Crippen molar-refractivity contribution >= 4 is 56.8 Å². The van der Waals surface area contributed by atoms with E-state index in [1.54, 1.807) is 24.3 Å². The summed E-state index contributed by atoms with van der Waals surface area (Å²) < 4.78 is 27.4. The van der Waals surface area contributed by atoms with Crippen LogP contribution in [0.2, 0.25) is 5.02 Å². The molecule has 3 aromatic rings. The van der Waals surface area contributed by atoms with E-state index in [1.165, 1.54) is 30.3 Å². The van der Waals surface area contributed by atoms with Gasteiger partial charge in [-0.05, 0) is 24.3 Å². The second-order valence-electron chi connectivity index (χ2n) is 6.01. The first-order valence-electron chi connectivity index (χ1n) is 7.96. The fraction of sp³-hybridized carbons (Fsp3) is 0.0588. The summed E-state index contributed by atoms with van der Waals surface area (Å²) in [5.41, 5.74) is 6.69. The molecule has 0 fully saturated rings. The Labute approximate surface area is 172 Å². The van der Waals surface area contributed by atoms with Crippen molar-refractivity contribution in [2.24, 2.45) is 0 Å². The summed E-state index contributed by atoms with van der Waals surface area (Å²) in [4.78, 5) is 8.11. The topological polar surface area (TPSA) is 98.0 Å². The number of rotatable bonds is 5. The molecule has 134 valence electrons. The van der Waals surface area contributed by atoms with Crippen LogP contribution in [-0.4, -0.2) is 41.9 Å². The Morgan fingerprint density at radius 3 is 2.36 bits per heavy atom. The van der Waals surface area contributed by atoms with E-state index in [1.807, 2.05) is 0 Å². The summed E-state index contributed by atoms with van der Waals surface area (Å²) in [5, 5.41) is -1.61. The van der Waals surface area contributed by atoms with E-state index >= 15 is 0 Å². The van der Waals surface area contributed by atoms with Crippen molar-refractivity contribution < 1.29 is 8.42 Å². The van der Waals surface area contributed by atoms with Crippen LogP contribution in [0.4, 0.5) is 11.6 Å². The molecule has 0 atom stereocenters. The molecule has 0 amide bonds. The number of benzene rings is 1. The SMILES string of the molecule is [B]C([B])([B])c1ccccc1-c1nc(NS(=O)(=O)c2cccc(N)n2)ccc1Cl. The van der Waals surface area contributed by atoms with Gasteiger partial charge in [0.05, 0.1) is 34.3 Å². The lowest BCUT2D eigenvalue weighted by atomic mass is 9.39. The van der Waals surface area contributed by atoms with Crippen LogP contribution in [-0.2, 0) is 15.1 Å². The number of halogens is 1. The number of hydrogen-bond donors (Lipinski definition) is 2. The molecule has 0 unspecified atom stereocenters. The highest BCUT2D eigenvalue weighted by Crippen LogP contribution is 2.33. The lowest BCUT2D eigenvalue weighted by molar-refractivity contribution is 0.597. The van der Waals surface area contributed by atoms with E-state index in [2.05, 4.69) is 14.7 Å². The number of nitrogens with two attached hydrogens (primary N) is 1. The monoisotopic (exact) mass is 404 g/mol. The zero-order valence-corrected chi connectivity index (χ0v) is 16.1. The number of pyridine rings is 2. The van der Waals surface area contributed by atoms with Crippen LogP contribution in [0.5, 0.6) is 0 Å². The van der Waals surface area contributed by atoms with Gasteiger partial charge in [-0.3, -0.25) is 4.72 Å². The lowest BCUT2D eigenvalue weighted by Gasteiger charge is -2.24. The molecule has 11 heteroatoms. The molecule has 0 bridgehead atoms. The van der Waals surface area contributed by atoms with Gasteiger partial charge in [-0.1, -0.05) is 47.5 Å². The summed E-state index contributed by atoms with van der Waals surface area (Å²) in [7, 11) is 13.5. The van der Waals surface area contributed by atoms with Crippen molar-refractivity contribution in [3.63, 3.8) is 0 Å². The molecule has 2 aromatic heterocycles. The molecule has 6 radical (unpaired) electrons. The van der Waals surface area contributed by atoms with Gasteiger partial charge in [0.2, 0.25) is 0 Å². The average molecular weight is 404 g/mol. The summed E-state index contributed by atoms with van der Waals surface area (Å²) in [6.07, 6.45) is 0. The summed E-state index contributed by atoms with van der Waals surface area (Å²) in [6.45, 7) is 0. The second kappa shape index (κ2) is 7.52. The average Bonchev–Trinajstić information content (AvgIpc) is 2.62. The van der Waals surface area contributed by atoms with E-state index in [0.717, 1.165) is 0 Å². The fourth-order valence-corrected chi connectivity index (χ4v) is 3.71. The number of aromatic nitrogens is 2. The van der Waals surface area contributed by atoms with Crippen molar-refractivity contribution in [3.05, 3.63) is 65.2 Å². The standard InChI is InChI=1S/C17H12B3ClN4O2S/c18-17(19,20)11-5-2-1-4-10(11)16-12(21)8-9-14(24-16)25-28(26,27)15-7-3-6-13(22)23-15/h1-9H,(H2,22,23)(H,24,25). The first-order valence-corrected chi connectivity index (χ1v) is 9.82. The molecular formula is C17H12B3ClN4O2S. The van der Waals surface area contributed by atoms with Crippen molar-refractivity contribution in [1.29, 1.82) is 0 Å². The van der Waals surface area contributed by atoms with E-state index in [-0.39, 0.29) is 27.4 Å². The normalized spacial score (nSPS) is 11.9. The number of sulfonamides is 1. The smallest absolute Gasteiger partial charge is 0.280 e. The van der Waals surface area contributed by atoms with Gasteiger partial charge >= 0.3 is 0 Å². The highest BCUT2D eigenvalue weighted by Gasteiger charge is 2.21. The fourth-order valence-electron chi connectivity index (χ4n) is 2.53. The summed E-state index contributed by atoms with van der Waals surface area (Å²) >= 11 is 6.27. The molecule has 0 aliphatic rings. The van der Waals surface area contributed by atoms with Crippen LogP contribution in [0.3, 0.4) is 0 Å². The summed E-state index contributed by atoms with van der Waals surface area (Å²) in [5.74, 6) is 0.0989. The van der Waals surface area contributed by atoms with Gasteiger partial charge in [0, 0.05) is 5.56 Å². The lowest BCUT2D eigenvalue weighted by Crippen LogP contribution is -2.27. The number of anilines is 2. The van der Waals surface area contributed by atoms with E-state index < -0.39 is 15.1 Å². The zero-order valence-electron chi connectivity index (χ0n) is 14.5. The molecule has 0 aliphatic heterocycles. The molecule has 0 saturated carbocycles.